The molecule has 1 atom stereocenters. The summed E-state index contributed by atoms with van der Waals surface area (Å²) in [5.41, 5.74) is 5.80. The van der Waals surface area contributed by atoms with E-state index >= 15 is 0 Å². The molecule has 1 aromatic rings. The third-order valence-corrected chi connectivity index (χ3v) is 3.61. The Morgan fingerprint density at radius 1 is 1.52 bits per heavy atom. The first-order valence-corrected chi connectivity index (χ1v) is 7.04. The number of aliphatic hydroxyl groups is 1. The van der Waals surface area contributed by atoms with E-state index in [2.05, 4.69) is 11.8 Å². The van der Waals surface area contributed by atoms with Gasteiger partial charge in [-0.25, -0.2) is 4.39 Å². The maximum absolute atomic E-state index is 13.9. The van der Waals surface area contributed by atoms with E-state index in [0.717, 1.165) is 12.8 Å². The lowest BCUT2D eigenvalue weighted by molar-refractivity contribution is 0.0620. The number of likely N-dealkylation sites (tertiary alicyclic amines) is 1. The Morgan fingerprint density at radius 2 is 2.33 bits per heavy atom. The second kappa shape index (κ2) is 7.21. The van der Waals surface area contributed by atoms with Crippen molar-refractivity contribution in [1.82, 2.24) is 4.90 Å². The van der Waals surface area contributed by atoms with Crippen molar-refractivity contribution in [2.45, 2.75) is 12.8 Å². The summed E-state index contributed by atoms with van der Waals surface area (Å²) in [6.07, 6.45) is 1.78. The summed E-state index contributed by atoms with van der Waals surface area (Å²) < 4.78 is 13.9. The molecule has 21 heavy (non-hydrogen) atoms. The van der Waals surface area contributed by atoms with E-state index in [1.807, 2.05) is 0 Å². The monoisotopic (exact) mass is 290 g/mol. The van der Waals surface area contributed by atoms with Crippen LogP contribution in [0.4, 0.5) is 4.39 Å². The summed E-state index contributed by atoms with van der Waals surface area (Å²) in [5, 5.41) is 9.20. The van der Waals surface area contributed by atoms with Gasteiger partial charge in [0.2, 0.25) is 0 Å². The van der Waals surface area contributed by atoms with Gasteiger partial charge in [0, 0.05) is 25.3 Å². The molecule has 0 aliphatic carbocycles. The van der Waals surface area contributed by atoms with Crippen molar-refractivity contribution in [2.24, 2.45) is 11.7 Å². The summed E-state index contributed by atoms with van der Waals surface area (Å²) in [7, 11) is 0. The van der Waals surface area contributed by atoms with Gasteiger partial charge in [-0.15, -0.1) is 0 Å². The maximum atomic E-state index is 13.9. The third-order valence-electron chi connectivity index (χ3n) is 3.61. The van der Waals surface area contributed by atoms with E-state index in [0.29, 0.717) is 18.7 Å². The van der Waals surface area contributed by atoms with Crippen LogP contribution in [0.15, 0.2) is 18.2 Å². The number of halogens is 1. The second-order valence-electron chi connectivity index (χ2n) is 5.14. The molecule has 0 radical (unpaired) electrons. The predicted molar refractivity (Wildman–Crippen MR) is 78.0 cm³/mol. The Morgan fingerprint density at radius 3 is 3.00 bits per heavy atom. The summed E-state index contributed by atoms with van der Waals surface area (Å²) in [5.74, 6) is 4.61. The number of piperidine rings is 1. The van der Waals surface area contributed by atoms with E-state index in [9.17, 15) is 14.3 Å². The number of nitrogens with zero attached hydrogens (tertiary/aromatic N) is 1. The smallest absolute Gasteiger partial charge is 0.253 e. The molecule has 1 aliphatic heterocycles. The molecule has 1 unspecified atom stereocenters. The molecule has 0 spiro atoms. The van der Waals surface area contributed by atoms with E-state index < -0.39 is 5.82 Å². The number of benzene rings is 1. The van der Waals surface area contributed by atoms with E-state index in [4.69, 9.17) is 5.73 Å². The van der Waals surface area contributed by atoms with Crippen molar-refractivity contribution < 1.29 is 14.3 Å². The summed E-state index contributed by atoms with van der Waals surface area (Å²) >= 11 is 0. The molecule has 1 aliphatic rings. The van der Waals surface area contributed by atoms with Crippen molar-refractivity contribution in [3.8, 4) is 11.8 Å². The maximum Gasteiger partial charge on any atom is 0.253 e. The first kappa shape index (κ1) is 15.5. The van der Waals surface area contributed by atoms with Crippen LogP contribution in [-0.2, 0) is 0 Å². The minimum absolute atomic E-state index is 0.0752. The molecule has 1 fully saturated rings. The van der Waals surface area contributed by atoms with Crippen LogP contribution >= 0.6 is 0 Å². The topological polar surface area (TPSA) is 66.6 Å². The van der Waals surface area contributed by atoms with E-state index in [1.54, 1.807) is 11.0 Å². The van der Waals surface area contributed by atoms with Crippen LogP contribution in [-0.4, -0.2) is 42.2 Å². The van der Waals surface area contributed by atoms with Gasteiger partial charge in [0.25, 0.3) is 5.91 Å². The standard InChI is InChI=1S/C16H19FN2O2/c17-15-9-14(6-5-13(15)4-1-7-18)16(21)19-8-2-3-12(10-19)11-20/h5-6,9,12,20H,2-3,7-8,10-11,18H2. The van der Waals surface area contributed by atoms with E-state index in [1.165, 1.54) is 12.1 Å². The highest BCUT2D eigenvalue weighted by Gasteiger charge is 2.24. The number of hydrogen-bond donors (Lipinski definition) is 2. The Labute approximate surface area is 123 Å². The quantitative estimate of drug-likeness (QED) is 0.798. The molecule has 0 saturated carbocycles. The molecule has 5 heteroatoms. The van der Waals surface area contributed by atoms with Crippen LogP contribution in [0.2, 0.25) is 0 Å². The zero-order valence-corrected chi connectivity index (χ0v) is 11.8. The Hall–Kier alpha value is -1.90. The van der Waals surface area contributed by atoms with Crippen molar-refractivity contribution in [2.75, 3.05) is 26.2 Å². The predicted octanol–water partition coefficient (Wildman–Crippen LogP) is 0.980. The molecular formula is C16H19FN2O2. The van der Waals surface area contributed by atoms with Gasteiger partial charge < -0.3 is 15.7 Å². The lowest BCUT2D eigenvalue weighted by atomic mass is 9.98. The number of nitrogens with two attached hydrogens (primary N) is 1. The highest BCUT2D eigenvalue weighted by Crippen LogP contribution is 2.19. The van der Waals surface area contributed by atoms with Crippen LogP contribution in [0, 0.1) is 23.6 Å². The SMILES string of the molecule is NCC#Cc1ccc(C(=O)N2CCCC(CO)C2)cc1F. The number of carbonyl (C=O) groups is 1. The molecule has 1 heterocycles. The lowest BCUT2D eigenvalue weighted by Gasteiger charge is -2.31. The van der Waals surface area contributed by atoms with Crippen molar-refractivity contribution in [3.05, 3.63) is 35.1 Å². The van der Waals surface area contributed by atoms with Gasteiger partial charge in [-0.1, -0.05) is 11.8 Å². The Bertz CT molecular complexity index is 577. The molecule has 112 valence electrons. The van der Waals surface area contributed by atoms with Crippen LogP contribution < -0.4 is 5.73 Å². The highest BCUT2D eigenvalue weighted by atomic mass is 19.1. The third kappa shape index (κ3) is 3.81. The second-order valence-corrected chi connectivity index (χ2v) is 5.14. The zero-order valence-electron chi connectivity index (χ0n) is 11.8. The van der Waals surface area contributed by atoms with Crippen molar-refractivity contribution in [3.63, 3.8) is 0 Å². The summed E-state index contributed by atoms with van der Waals surface area (Å²) in [6, 6.07) is 4.29. The fourth-order valence-corrected chi connectivity index (χ4v) is 2.48. The van der Waals surface area contributed by atoms with Crippen LogP contribution in [0.1, 0.15) is 28.8 Å². The van der Waals surface area contributed by atoms with Gasteiger partial charge in [0.15, 0.2) is 0 Å². The fraction of sp³-hybridized carbons (Fsp3) is 0.438. The molecule has 0 aromatic heterocycles. The minimum Gasteiger partial charge on any atom is -0.396 e. The highest BCUT2D eigenvalue weighted by molar-refractivity contribution is 5.94. The Balaban J connectivity index is 2.14. The molecule has 1 saturated heterocycles. The average Bonchev–Trinajstić information content (AvgIpc) is 2.53. The summed E-state index contributed by atoms with van der Waals surface area (Å²) in [6.45, 7) is 1.40. The van der Waals surface area contributed by atoms with E-state index in [-0.39, 0.29) is 30.5 Å². The first-order chi connectivity index (χ1) is 10.2. The molecule has 4 nitrogen and oxygen atoms in total. The van der Waals surface area contributed by atoms with Crippen molar-refractivity contribution >= 4 is 5.91 Å². The van der Waals surface area contributed by atoms with Gasteiger partial charge in [-0.2, -0.15) is 0 Å². The number of rotatable bonds is 2. The number of aliphatic hydroxyl groups excluding tert-OH is 1. The largest absolute Gasteiger partial charge is 0.396 e. The number of carbonyl (C=O) groups excluding carboxylic acids is 1. The van der Waals surface area contributed by atoms with Gasteiger partial charge in [-0.3, -0.25) is 4.79 Å². The van der Waals surface area contributed by atoms with Gasteiger partial charge >= 0.3 is 0 Å². The molecule has 1 amide bonds. The molecule has 3 N–H and O–H groups in total. The Kier molecular flexibility index (Phi) is 5.32. The normalized spacial score (nSPS) is 18.0. The number of hydrogen-bond acceptors (Lipinski definition) is 3. The lowest BCUT2D eigenvalue weighted by Crippen LogP contribution is -2.41. The number of amides is 1. The fourth-order valence-electron chi connectivity index (χ4n) is 2.48. The van der Waals surface area contributed by atoms with Gasteiger partial charge in [-0.05, 0) is 37.0 Å². The van der Waals surface area contributed by atoms with Crippen molar-refractivity contribution in [1.29, 1.82) is 0 Å². The van der Waals surface area contributed by atoms with Crippen LogP contribution in [0.3, 0.4) is 0 Å². The molecular weight excluding hydrogens is 271 g/mol. The zero-order chi connectivity index (χ0) is 15.2. The molecule has 1 aromatic carbocycles. The first-order valence-electron chi connectivity index (χ1n) is 7.04. The average molecular weight is 290 g/mol. The van der Waals surface area contributed by atoms with Gasteiger partial charge in [0.1, 0.15) is 5.82 Å². The summed E-state index contributed by atoms with van der Waals surface area (Å²) in [4.78, 5) is 14.0. The minimum atomic E-state index is -0.516. The molecule has 2 rings (SSSR count). The van der Waals surface area contributed by atoms with Crippen LogP contribution in [0.5, 0.6) is 0 Å². The molecule has 0 bridgehead atoms. The van der Waals surface area contributed by atoms with Crippen LogP contribution in [0.25, 0.3) is 0 Å². The van der Waals surface area contributed by atoms with Gasteiger partial charge in [0.05, 0.1) is 12.1 Å².